The van der Waals surface area contributed by atoms with Crippen LogP contribution in [0.1, 0.15) is 35.2 Å². The molecule has 2 N–H and O–H groups in total. The number of ether oxygens (including phenoxy) is 1. The van der Waals surface area contributed by atoms with Crippen molar-refractivity contribution in [3.05, 3.63) is 41.5 Å². The third kappa shape index (κ3) is 3.84. The van der Waals surface area contributed by atoms with E-state index in [-0.39, 0.29) is 17.4 Å². The van der Waals surface area contributed by atoms with E-state index >= 15 is 0 Å². The second-order valence-electron chi connectivity index (χ2n) is 5.04. The van der Waals surface area contributed by atoms with Crippen LogP contribution in [0.5, 0.6) is 5.75 Å². The zero-order valence-electron chi connectivity index (χ0n) is 12.0. The van der Waals surface area contributed by atoms with Gasteiger partial charge in [-0.05, 0) is 37.0 Å². The lowest BCUT2D eigenvalue weighted by Gasteiger charge is -2.17. The van der Waals surface area contributed by atoms with Gasteiger partial charge in [0.05, 0.1) is 7.11 Å². The van der Waals surface area contributed by atoms with E-state index in [1.807, 2.05) is 6.08 Å². The summed E-state index contributed by atoms with van der Waals surface area (Å²) in [4.78, 5) is 23.2. The Hall–Kier alpha value is -2.30. The molecule has 1 atom stereocenters. The number of carboxylic acids is 1. The maximum Gasteiger partial charge on any atom is 0.339 e. The second kappa shape index (κ2) is 6.92. The van der Waals surface area contributed by atoms with Crippen molar-refractivity contribution in [3.63, 3.8) is 0 Å². The number of nitrogens with one attached hydrogen (secondary N) is 1. The highest BCUT2D eigenvalue weighted by molar-refractivity contribution is 5.91. The summed E-state index contributed by atoms with van der Waals surface area (Å²) in [7, 11) is 1.43. The molecule has 0 saturated heterocycles. The smallest absolute Gasteiger partial charge is 0.339 e. The predicted molar refractivity (Wildman–Crippen MR) is 78.3 cm³/mol. The first-order valence-electron chi connectivity index (χ1n) is 6.94. The van der Waals surface area contributed by atoms with Crippen LogP contribution in [0.25, 0.3) is 0 Å². The standard InChI is InChI=1S/C16H19NO4/c1-21-14-8-7-11(9-13(14)16(19)20)10-17-15(18)12-5-3-2-4-6-12/h2-3,7-9,12H,4-6,10H2,1H3,(H,17,18)(H,19,20)/t12-/m1/s1. The summed E-state index contributed by atoms with van der Waals surface area (Å²) in [5, 5.41) is 12.0. The molecule has 5 nitrogen and oxygen atoms in total. The van der Waals surface area contributed by atoms with Crippen molar-refractivity contribution < 1.29 is 19.4 Å². The van der Waals surface area contributed by atoms with Crippen molar-refractivity contribution in [1.29, 1.82) is 0 Å². The number of rotatable bonds is 5. The Morgan fingerprint density at radius 2 is 2.19 bits per heavy atom. The molecule has 5 heteroatoms. The number of aromatic carboxylic acids is 1. The molecule has 0 spiro atoms. The van der Waals surface area contributed by atoms with Crippen molar-refractivity contribution in [2.45, 2.75) is 25.8 Å². The van der Waals surface area contributed by atoms with Crippen molar-refractivity contribution in [2.24, 2.45) is 5.92 Å². The van der Waals surface area contributed by atoms with E-state index < -0.39 is 5.97 Å². The minimum absolute atomic E-state index is 0.0204. The van der Waals surface area contributed by atoms with E-state index in [2.05, 4.69) is 11.4 Å². The third-order valence-electron chi connectivity index (χ3n) is 3.60. The monoisotopic (exact) mass is 289 g/mol. The molecule has 1 aromatic rings. The molecular weight excluding hydrogens is 270 g/mol. The molecule has 0 bridgehead atoms. The summed E-state index contributed by atoms with van der Waals surface area (Å²) in [5.41, 5.74) is 0.845. The molecule has 1 aromatic carbocycles. The Morgan fingerprint density at radius 1 is 1.38 bits per heavy atom. The first-order chi connectivity index (χ1) is 10.1. The number of hydrogen-bond acceptors (Lipinski definition) is 3. The Labute approximate surface area is 123 Å². The van der Waals surface area contributed by atoms with E-state index in [4.69, 9.17) is 9.84 Å². The summed E-state index contributed by atoms with van der Waals surface area (Å²) in [6, 6.07) is 4.89. The molecule has 0 heterocycles. The highest BCUT2D eigenvalue weighted by Gasteiger charge is 2.18. The fourth-order valence-corrected chi connectivity index (χ4v) is 2.40. The summed E-state index contributed by atoms with van der Waals surface area (Å²) >= 11 is 0. The molecule has 0 unspecified atom stereocenters. The topological polar surface area (TPSA) is 75.6 Å². The van der Waals surface area contributed by atoms with E-state index in [1.165, 1.54) is 13.2 Å². The van der Waals surface area contributed by atoms with Crippen LogP contribution in [-0.4, -0.2) is 24.1 Å². The number of benzene rings is 1. The Balaban J connectivity index is 1.99. The Bertz CT molecular complexity index is 565. The Kier molecular flexibility index (Phi) is 4.98. The fraction of sp³-hybridized carbons (Fsp3) is 0.375. The van der Waals surface area contributed by atoms with Gasteiger partial charge in [0, 0.05) is 12.5 Å². The molecule has 1 amide bonds. The van der Waals surface area contributed by atoms with Gasteiger partial charge in [0.15, 0.2) is 0 Å². The summed E-state index contributed by atoms with van der Waals surface area (Å²) < 4.78 is 5.01. The summed E-state index contributed by atoms with van der Waals surface area (Å²) in [6.07, 6.45) is 6.69. The van der Waals surface area contributed by atoms with Gasteiger partial charge in [0.2, 0.25) is 5.91 Å². The van der Waals surface area contributed by atoms with Gasteiger partial charge >= 0.3 is 5.97 Å². The molecule has 0 aliphatic heterocycles. The van der Waals surface area contributed by atoms with Gasteiger partial charge in [-0.25, -0.2) is 4.79 Å². The van der Waals surface area contributed by atoms with E-state index in [0.717, 1.165) is 24.8 Å². The number of carbonyl (C=O) groups excluding carboxylic acids is 1. The van der Waals surface area contributed by atoms with Crippen LogP contribution in [0.4, 0.5) is 0 Å². The number of allylic oxidation sites excluding steroid dienone is 2. The highest BCUT2D eigenvalue weighted by Crippen LogP contribution is 2.21. The lowest BCUT2D eigenvalue weighted by molar-refractivity contribution is -0.125. The molecule has 21 heavy (non-hydrogen) atoms. The molecule has 0 saturated carbocycles. The Morgan fingerprint density at radius 3 is 2.81 bits per heavy atom. The van der Waals surface area contributed by atoms with Gasteiger partial charge in [0.25, 0.3) is 0 Å². The molecule has 1 aliphatic rings. The quantitative estimate of drug-likeness (QED) is 0.816. The van der Waals surface area contributed by atoms with Crippen LogP contribution in [0.15, 0.2) is 30.4 Å². The average Bonchev–Trinajstić information content (AvgIpc) is 2.53. The van der Waals surface area contributed by atoms with Crippen molar-refractivity contribution in [1.82, 2.24) is 5.32 Å². The maximum atomic E-state index is 12.0. The molecule has 0 radical (unpaired) electrons. The van der Waals surface area contributed by atoms with Gasteiger partial charge in [-0.3, -0.25) is 4.79 Å². The largest absolute Gasteiger partial charge is 0.496 e. The summed E-state index contributed by atoms with van der Waals surface area (Å²) in [5.74, 6) is -0.688. The average molecular weight is 289 g/mol. The highest BCUT2D eigenvalue weighted by atomic mass is 16.5. The zero-order valence-corrected chi connectivity index (χ0v) is 12.0. The number of methoxy groups -OCH3 is 1. The SMILES string of the molecule is COc1ccc(CNC(=O)[C@@H]2CC=CCC2)cc1C(=O)O. The number of carboxylic acid groups (broad SMARTS) is 1. The number of amides is 1. The van der Waals surface area contributed by atoms with E-state index in [0.29, 0.717) is 12.3 Å². The second-order valence-corrected chi connectivity index (χ2v) is 5.04. The van der Waals surface area contributed by atoms with Gasteiger partial charge in [-0.1, -0.05) is 18.2 Å². The lowest BCUT2D eigenvalue weighted by Crippen LogP contribution is -2.30. The number of carbonyl (C=O) groups is 2. The minimum atomic E-state index is -1.04. The van der Waals surface area contributed by atoms with Crippen LogP contribution in [-0.2, 0) is 11.3 Å². The zero-order chi connectivity index (χ0) is 15.2. The minimum Gasteiger partial charge on any atom is -0.496 e. The predicted octanol–water partition coefficient (Wildman–Crippen LogP) is 2.37. The van der Waals surface area contributed by atoms with Gasteiger partial charge in [0.1, 0.15) is 11.3 Å². The normalized spacial score (nSPS) is 17.3. The van der Waals surface area contributed by atoms with Gasteiger partial charge < -0.3 is 15.2 Å². The molecule has 112 valence electrons. The van der Waals surface area contributed by atoms with E-state index in [1.54, 1.807) is 12.1 Å². The molecular formula is C16H19NO4. The first-order valence-corrected chi connectivity index (χ1v) is 6.94. The van der Waals surface area contributed by atoms with E-state index in [9.17, 15) is 9.59 Å². The van der Waals surface area contributed by atoms with Gasteiger partial charge in [-0.15, -0.1) is 0 Å². The lowest BCUT2D eigenvalue weighted by atomic mass is 9.93. The maximum absolute atomic E-state index is 12.0. The van der Waals surface area contributed by atoms with Crippen LogP contribution in [0, 0.1) is 5.92 Å². The number of hydrogen-bond donors (Lipinski definition) is 2. The summed E-state index contributed by atoms with van der Waals surface area (Å²) in [6.45, 7) is 0.323. The van der Waals surface area contributed by atoms with Crippen LogP contribution in [0.2, 0.25) is 0 Å². The first kappa shape index (κ1) is 15.1. The molecule has 1 aliphatic carbocycles. The van der Waals surface area contributed by atoms with Crippen LogP contribution < -0.4 is 10.1 Å². The van der Waals surface area contributed by atoms with Crippen molar-refractivity contribution >= 4 is 11.9 Å². The molecule has 2 rings (SSSR count). The van der Waals surface area contributed by atoms with Crippen LogP contribution in [0.3, 0.4) is 0 Å². The fourth-order valence-electron chi connectivity index (χ4n) is 2.40. The third-order valence-corrected chi connectivity index (χ3v) is 3.60. The molecule has 0 fully saturated rings. The van der Waals surface area contributed by atoms with Gasteiger partial charge in [-0.2, -0.15) is 0 Å². The van der Waals surface area contributed by atoms with Crippen molar-refractivity contribution in [3.8, 4) is 5.75 Å². The molecule has 0 aromatic heterocycles. The van der Waals surface area contributed by atoms with Crippen molar-refractivity contribution in [2.75, 3.05) is 7.11 Å². The van der Waals surface area contributed by atoms with Crippen LogP contribution >= 0.6 is 0 Å².